The van der Waals surface area contributed by atoms with E-state index in [1.54, 1.807) is 42.6 Å². The van der Waals surface area contributed by atoms with E-state index < -0.39 is 0 Å². The molecule has 100 valence electrons. The lowest BCUT2D eigenvalue weighted by Crippen LogP contribution is -2.21. The number of nitrogens with zero attached hydrogens (tertiary/aromatic N) is 1. The van der Waals surface area contributed by atoms with Crippen LogP contribution in [0.4, 0.5) is 5.82 Å². The van der Waals surface area contributed by atoms with Crippen LogP contribution in [0.1, 0.15) is 5.56 Å². The van der Waals surface area contributed by atoms with Crippen LogP contribution in [-0.2, 0) is 4.79 Å². The molecule has 2 heterocycles. The molecule has 0 saturated heterocycles. The molecule has 0 saturated carbocycles. The third-order valence-corrected chi connectivity index (χ3v) is 3.12. The first-order valence-electron chi connectivity index (χ1n) is 6.08. The first-order valence-corrected chi connectivity index (χ1v) is 6.45. The molecule has 1 aliphatic heterocycles. The van der Waals surface area contributed by atoms with Gasteiger partial charge in [0.2, 0.25) is 0 Å². The number of carbonyl (C=O) groups excluding carboxylic acids is 1. The highest BCUT2D eigenvalue weighted by molar-refractivity contribution is 6.30. The zero-order chi connectivity index (χ0) is 13.9. The number of fused-ring (bicyclic) bond motifs is 1. The van der Waals surface area contributed by atoms with E-state index in [1.165, 1.54) is 0 Å². The van der Waals surface area contributed by atoms with Crippen molar-refractivity contribution in [1.29, 1.82) is 0 Å². The first kappa shape index (κ1) is 12.7. The van der Waals surface area contributed by atoms with Gasteiger partial charge >= 0.3 is 0 Å². The Kier molecular flexibility index (Phi) is 3.39. The monoisotopic (exact) mass is 286 g/mol. The molecule has 0 aliphatic carbocycles. The number of amides is 1. The standard InChI is InChI=1S/C15H11ClN2O2/c16-12-4-5-13-10(8-12)7-11(9-20-13)15(19)18-14-3-1-2-6-17-14/h1-8H,9H2,(H,17,18,19). The van der Waals surface area contributed by atoms with Crippen molar-refractivity contribution < 1.29 is 9.53 Å². The Morgan fingerprint density at radius 3 is 3.00 bits per heavy atom. The molecule has 0 fully saturated rings. The van der Waals surface area contributed by atoms with E-state index in [0.29, 0.717) is 16.4 Å². The van der Waals surface area contributed by atoms with Gasteiger partial charge in [-0.3, -0.25) is 4.79 Å². The van der Waals surface area contributed by atoms with Gasteiger partial charge in [0, 0.05) is 16.8 Å². The van der Waals surface area contributed by atoms with Crippen molar-refractivity contribution in [2.45, 2.75) is 0 Å². The highest BCUT2D eigenvalue weighted by Crippen LogP contribution is 2.29. The van der Waals surface area contributed by atoms with Crippen molar-refractivity contribution in [3.8, 4) is 5.75 Å². The number of ether oxygens (including phenoxy) is 1. The number of aromatic nitrogens is 1. The summed E-state index contributed by atoms with van der Waals surface area (Å²) in [5, 5.41) is 3.33. The summed E-state index contributed by atoms with van der Waals surface area (Å²) in [6, 6.07) is 10.6. The molecule has 3 rings (SSSR count). The summed E-state index contributed by atoms with van der Waals surface area (Å²) < 4.78 is 5.54. The Labute approximate surface area is 121 Å². The molecule has 0 radical (unpaired) electrons. The molecule has 0 bridgehead atoms. The second-order valence-corrected chi connectivity index (χ2v) is 4.75. The molecule has 1 N–H and O–H groups in total. The summed E-state index contributed by atoms with van der Waals surface area (Å²) in [5.74, 6) is 1.01. The maximum absolute atomic E-state index is 12.1. The number of anilines is 1. The van der Waals surface area contributed by atoms with Crippen LogP contribution in [0.3, 0.4) is 0 Å². The van der Waals surface area contributed by atoms with Gasteiger partial charge in [0.25, 0.3) is 5.91 Å². The van der Waals surface area contributed by atoms with E-state index in [-0.39, 0.29) is 12.5 Å². The molecule has 2 aromatic rings. The summed E-state index contributed by atoms with van der Waals surface area (Å²) in [6.45, 7) is 0.229. The molecule has 5 heteroatoms. The quantitative estimate of drug-likeness (QED) is 0.923. The van der Waals surface area contributed by atoms with Gasteiger partial charge < -0.3 is 10.1 Å². The molecule has 0 spiro atoms. The van der Waals surface area contributed by atoms with Gasteiger partial charge in [0.15, 0.2) is 0 Å². The lowest BCUT2D eigenvalue weighted by molar-refractivity contribution is -0.113. The molecule has 1 aromatic carbocycles. The second-order valence-electron chi connectivity index (χ2n) is 4.31. The average Bonchev–Trinajstić information content (AvgIpc) is 2.47. The average molecular weight is 287 g/mol. The number of halogens is 1. The predicted octanol–water partition coefficient (Wildman–Crippen LogP) is 3.15. The molecular weight excluding hydrogens is 276 g/mol. The molecular formula is C15H11ClN2O2. The first-order chi connectivity index (χ1) is 9.72. The van der Waals surface area contributed by atoms with Crippen LogP contribution in [-0.4, -0.2) is 17.5 Å². The number of pyridine rings is 1. The van der Waals surface area contributed by atoms with Crippen molar-refractivity contribution in [2.75, 3.05) is 11.9 Å². The van der Waals surface area contributed by atoms with E-state index in [2.05, 4.69) is 10.3 Å². The van der Waals surface area contributed by atoms with Crippen molar-refractivity contribution in [3.63, 3.8) is 0 Å². The number of hydrogen-bond acceptors (Lipinski definition) is 3. The van der Waals surface area contributed by atoms with E-state index in [9.17, 15) is 4.79 Å². The molecule has 1 aromatic heterocycles. The van der Waals surface area contributed by atoms with Gasteiger partial charge in [-0.2, -0.15) is 0 Å². The number of benzene rings is 1. The Hall–Kier alpha value is -2.33. The van der Waals surface area contributed by atoms with Crippen molar-refractivity contribution in [2.24, 2.45) is 0 Å². The van der Waals surface area contributed by atoms with Crippen LogP contribution in [0.2, 0.25) is 5.02 Å². The Morgan fingerprint density at radius 1 is 1.30 bits per heavy atom. The zero-order valence-corrected chi connectivity index (χ0v) is 11.2. The van der Waals surface area contributed by atoms with Crippen LogP contribution in [0.5, 0.6) is 5.75 Å². The van der Waals surface area contributed by atoms with Crippen LogP contribution < -0.4 is 10.1 Å². The van der Waals surface area contributed by atoms with Crippen LogP contribution in [0, 0.1) is 0 Å². The summed E-state index contributed by atoms with van der Waals surface area (Å²) in [7, 11) is 0. The number of rotatable bonds is 2. The number of hydrogen-bond donors (Lipinski definition) is 1. The minimum Gasteiger partial charge on any atom is -0.488 e. The number of nitrogens with one attached hydrogen (secondary N) is 1. The fourth-order valence-corrected chi connectivity index (χ4v) is 2.09. The van der Waals surface area contributed by atoms with Gasteiger partial charge in [-0.15, -0.1) is 0 Å². The maximum Gasteiger partial charge on any atom is 0.256 e. The Bertz CT molecular complexity index is 684. The molecule has 0 atom stereocenters. The smallest absolute Gasteiger partial charge is 0.256 e. The van der Waals surface area contributed by atoms with E-state index in [0.717, 1.165) is 11.3 Å². The van der Waals surface area contributed by atoms with Gasteiger partial charge in [-0.1, -0.05) is 17.7 Å². The summed E-state index contributed by atoms with van der Waals surface area (Å²) >= 11 is 5.94. The van der Waals surface area contributed by atoms with Crippen molar-refractivity contribution >= 4 is 29.4 Å². The third-order valence-electron chi connectivity index (χ3n) is 2.88. The highest BCUT2D eigenvalue weighted by atomic mass is 35.5. The van der Waals surface area contributed by atoms with Gasteiger partial charge in [0.1, 0.15) is 18.2 Å². The van der Waals surface area contributed by atoms with Gasteiger partial charge in [-0.05, 0) is 36.4 Å². The Morgan fingerprint density at radius 2 is 2.20 bits per heavy atom. The van der Waals surface area contributed by atoms with Crippen molar-refractivity contribution in [3.05, 3.63) is 58.8 Å². The molecule has 0 unspecified atom stereocenters. The van der Waals surface area contributed by atoms with Crippen LogP contribution >= 0.6 is 11.6 Å². The fourth-order valence-electron chi connectivity index (χ4n) is 1.91. The summed E-state index contributed by atoms with van der Waals surface area (Å²) in [6.07, 6.45) is 3.40. The van der Waals surface area contributed by atoms with E-state index in [4.69, 9.17) is 16.3 Å². The topological polar surface area (TPSA) is 51.2 Å². The largest absolute Gasteiger partial charge is 0.488 e. The summed E-state index contributed by atoms with van der Waals surface area (Å²) in [5.41, 5.74) is 1.33. The predicted molar refractivity (Wildman–Crippen MR) is 77.8 cm³/mol. The number of carbonyl (C=O) groups is 1. The fraction of sp³-hybridized carbons (Fsp3) is 0.0667. The second kappa shape index (κ2) is 5.35. The molecule has 20 heavy (non-hydrogen) atoms. The van der Waals surface area contributed by atoms with Crippen LogP contribution in [0.25, 0.3) is 6.08 Å². The Balaban J connectivity index is 1.83. The highest BCUT2D eigenvalue weighted by Gasteiger charge is 2.17. The SMILES string of the molecule is O=C(Nc1ccccn1)C1=Cc2cc(Cl)ccc2OC1. The molecule has 4 nitrogen and oxygen atoms in total. The van der Waals surface area contributed by atoms with E-state index >= 15 is 0 Å². The van der Waals surface area contributed by atoms with Crippen molar-refractivity contribution in [1.82, 2.24) is 4.98 Å². The van der Waals surface area contributed by atoms with Gasteiger partial charge in [0.05, 0.1) is 5.57 Å². The lowest BCUT2D eigenvalue weighted by atomic mass is 10.1. The third kappa shape index (κ3) is 2.65. The molecule has 1 amide bonds. The minimum atomic E-state index is -0.227. The lowest BCUT2D eigenvalue weighted by Gasteiger charge is -2.17. The van der Waals surface area contributed by atoms with E-state index in [1.807, 2.05) is 6.07 Å². The zero-order valence-electron chi connectivity index (χ0n) is 10.5. The van der Waals surface area contributed by atoms with Gasteiger partial charge in [-0.25, -0.2) is 4.98 Å². The molecule has 1 aliphatic rings. The van der Waals surface area contributed by atoms with Crippen LogP contribution in [0.15, 0.2) is 48.2 Å². The maximum atomic E-state index is 12.1. The normalized spacial score (nSPS) is 12.9. The minimum absolute atomic E-state index is 0.227. The summed E-state index contributed by atoms with van der Waals surface area (Å²) in [4.78, 5) is 16.2.